The molecule has 0 saturated heterocycles. The molecule has 0 bridgehead atoms. The highest BCUT2D eigenvalue weighted by Crippen LogP contribution is 2.18. The Labute approximate surface area is 188 Å². The molecule has 0 unspecified atom stereocenters. The van der Waals surface area contributed by atoms with Crippen molar-refractivity contribution in [3.8, 4) is 5.75 Å². The highest BCUT2D eigenvalue weighted by molar-refractivity contribution is 5.78. The van der Waals surface area contributed by atoms with Gasteiger partial charge < -0.3 is 14.6 Å². The van der Waals surface area contributed by atoms with Gasteiger partial charge in [-0.05, 0) is 11.6 Å². The summed E-state index contributed by atoms with van der Waals surface area (Å²) in [6, 6.07) is 17.8. The molecule has 0 fully saturated rings. The van der Waals surface area contributed by atoms with E-state index in [2.05, 4.69) is 43.2 Å². The molecule has 4 rings (SSSR count). The topological polar surface area (TPSA) is 72.3 Å². The lowest BCUT2D eigenvalue weighted by Gasteiger charge is -2.17. The molecule has 1 aliphatic rings. The largest absolute Gasteiger partial charge is 0.496 e. The summed E-state index contributed by atoms with van der Waals surface area (Å²) >= 11 is 0. The number of hydrogen-bond donors (Lipinski definition) is 1. The Morgan fingerprint density at radius 3 is 2.72 bits per heavy atom. The van der Waals surface area contributed by atoms with Crippen molar-refractivity contribution in [3.05, 3.63) is 83.4 Å². The predicted molar refractivity (Wildman–Crippen MR) is 124 cm³/mol. The first-order valence-corrected chi connectivity index (χ1v) is 11.0. The second kappa shape index (κ2) is 10.7. The van der Waals surface area contributed by atoms with Gasteiger partial charge in [-0.1, -0.05) is 60.7 Å². The molecule has 0 spiro atoms. The minimum Gasteiger partial charge on any atom is -0.496 e. The number of methoxy groups -OCH3 is 1. The quantitative estimate of drug-likeness (QED) is 0.594. The minimum atomic E-state index is -0.00900. The minimum absolute atomic E-state index is 0.00900. The Hall–Kier alpha value is -3.45. The van der Waals surface area contributed by atoms with Crippen LogP contribution in [0.1, 0.15) is 22.8 Å². The Kier molecular flexibility index (Phi) is 7.30. The number of hydrogen-bond acceptors (Lipinski definition) is 5. The van der Waals surface area contributed by atoms with Crippen molar-refractivity contribution in [3.63, 3.8) is 0 Å². The summed E-state index contributed by atoms with van der Waals surface area (Å²) in [6.07, 6.45) is 5.49. The SMILES string of the molecule is COc1ccccc1/C=C/CN1CCc2nnc(CNC(=O)Cc3ccccc3)n2CC1. The number of para-hydroxylation sites is 1. The van der Waals surface area contributed by atoms with E-state index in [9.17, 15) is 4.79 Å². The van der Waals surface area contributed by atoms with Crippen LogP contribution in [0, 0.1) is 0 Å². The molecule has 1 aromatic heterocycles. The Balaban J connectivity index is 1.29. The number of benzene rings is 2. The van der Waals surface area contributed by atoms with Crippen LogP contribution in [0.3, 0.4) is 0 Å². The number of rotatable bonds is 8. The summed E-state index contributed by atoms with van der Waals surface area (Å²) in [4.78, 5) is 14.7. The zero-order valence-electron chi connectivity index (χ0n) is 18.4. The van der Waals surface area contributed by atoms with Crippen LogP contribution >= 0.6 is 0 Å². The molecule has 1 amide bonds. The third kappa shape index (κ3) is 5.62. The third-order valence-corrected chi connectivity index (χ3v) is 5.65. The van der Waals surface area contributed by atoms with Crippen molar-refractivity contribution in [1.29, 1.82) is 0 Å². The number of nitrogens with zero attached hydrogens (tertiary/aromatic N) is 4. The number of aromatic nitrogens is 3. The average molecular weight is 432 g/mol. The summed E-state index contributed by atoms with van der Waals surface area (Å²) in [6.45, 7) is 3.90. The summed E-state index contributed by atoms with van der Waals surface area (Å²) < 4.78 is 7.56. The first-order chi connectivity index (χ1) is 15.7. The van der Waals surface area contributed by atoms with Crippen molar-refractivity contribution in [2.75, 3.05) is 26.7 Å². The maximum absolute atomic E-state index is 12.3. The summed E-state index contributed by atoms with van der Waals surface area (Å²) in [5.74, 6) is 2.66. The highest BCUT2D eigenvalue weighted by Gasteiger charge is 2.18. The molecule has 1 aliphatic heterocycles. The second-order valence-corrected chi connectivity index (χ2v) is 7.82. The van der Waals surface area contributed by atoms with Crippen LogP contribution in [-0.2, 0) is 30.7 Å². The highest BCUT2D eigenvalue weighted by atomic mass is 16.5. The van der Waals surface area contributed by atoms with Gasteiger partial charge >= 0.3 is 0 Å². The smallest absolute Gasteiger partial charge is 0.224 e. The molecule has 2 aromatic carbocycles. The zero-order chi connectivity index (χ0) is 22.2. The molecule has 0 saturated carbocycles. The van der Waals surface area contributed by atoms with E-state index in [0.717, 1.165) is 61.1 Å². The molecule has 1 N–H and O–H groups in total. The molecule has 32 heavy (non-hydrogen) atoms. The molecule has 0 radical (unpaired) electrons. The fourth-order valence-corrected chi connectivity index (χ4v) is 3.89. The fraction of sp³-hybridized carbons (Fsp3) is 0.320. The van der Waals surface area contributed by atoms with Gasteiger partial charge in [-0.15, -0.1) is 10.2 Å². The maximum Gasteiger partial charge on any atom is 0.224 e. The van der Waals surface area contributed by atoms with Gasteiger partial charge in [0.1, 0.15) is 11.6 Å². The lowest BCUT2D eigenvalue weighted by atomic mass is 10.1. The lowest BCUT2D eigenvalue weighted by molar-refractivity contribution is -0.120. The van der Waals surface area contributed by atoms with Crippen LogP contribution in [0.5, 0.6) is 5.75 Å². The van der Waals surface area contributed by atoms with Crippen molar-refractivity contribution in [2.24, 2.45) is 0 Å². The Bertz CT molecular complexity index is 1060. The molecule has 2 heterocycles. The summed E-state index contributed by atoms with van der Waals surface area (Å²) in [5, 5.41) is 11.7. The van der Waals surface area contributed by atoms with E-state index in [4.69, 9.17) is 4.74 Å². The number of carbonyl (C=O) groups is 1. The number of nitrogens with one attached hydrogen (secondary N) is 1. The molecular weight excluding hydrogens is 402 g/mol. The lowest BCUT2D eigenvalue weighted by Crippen LogP contribution is -2.28. The maximum atomic E-state index is 12.3. The van der Waals surface area contributed by atoms with Gasteiger partial charge in [-0.25, -0.2) is 0 Å². The zero-order valence-corrected chi connectivity index (χ0v) is 18.4. The average Bonchev–Trinajstić information content (AvgIpc) is 3.10. The van der Waals surface area contributed by atoms with Gasteiger partial charge in [0.2, 0.25) is 5.91 Å². The van der Waals surface area contributed by atoms with Crippen LogP contribution in [-0.4, -0.2) is 52.3 Å². The predicted octanol–water partition coefficient (Wildman–Crippen LogP) is 2.72. The van der Waals surface area contributed by atoms with Crippen LogP contribution in [0.4, 0.5) is 0 Å². The number of fused-ring (bicyclic) bond motifs is 1. The van der Waals surface area contributed by atoms with Crippen LogP contribution in [0.25, 0.3) is 6.08 Å². The monoisotopic (exact) mass is 431 g/mol. The third-order valence-electron chi connectivity index (χ3n) is 5.65. The van der Waals surface area contributed by atoms with Gasteiger partial charge in [-0.3, -0.25) is 9.69 Å². The molecule has 166 valence electrons. The van der Waals surface area contributed by atoms with Crippen LogP contribution in [0.2, 0.25) is 0 Å². The summed E-state index contributed by atoms with van der Waals surface area (Å²) in [7, 11) is 1.69. The second-order valence-electron chi connectivity index (χ2n) is 7.82. The number of carbonyl (C=O) groups excluding carboxylic acids is 1. The normalized spacial score (nSPS) is 14.2. The van der Waals surface area contributed by atoms with E-state index in [1.807, 2.05) is 48.5 Å². The van der Waals surface area contributed by atoms with Crippen molar-refractivity contribution >= 4 is 12.0 Å². The molecular formula is C25H29N5O2. The van der Waals surface area contributed by atoms with E-state index in [-0.39, 0.29) is 5.91 Å². The van der Waals surface area contributed by atoms with E-state index < -0.39 is 0 Å². The standard InChI is InChI=1S/C25H29N5O2/c1-32-22-12-6-5-10-21(22)11-7-14-29-15-13-23-27-28-24(30(23)17-16-29)19-26-25(31)18-20-8-3-2-4-9-20/h2-12H,13-19H2,1H3,(H,26,31)/b11-7+. The Morgan fingerprint density at radius 2 is 1.88 bits per heavy atom. The van der Waals surface area contributed by atoms with Crippen molar-refractivity contribution in [2.45, 2.75) is 25.9 Å². The van der Waals surface area contributed by atoms with E-state index in [1.54, 1.807) is 7.11 Å². The van der Waals surface area contributed by atoms with E-state index in [0.29, 0.717) is 13.0 Å². The van der Waals surface area contributed by atoms with Gasteiger partial charge in [0.25, 0.3) is 0 Å². The van der Waals surface area contributed by atoms with Crippen molar-refractivity contribution < 1.29 is 9.53 Å². The van der Waals surface area contributed by atoms with Gasteiger partial charge in [0, 0.05) is 38.2 Å². The molecule has 7 nitrogen and oxygen atoms in total. The number of ether oxygens (including phenoxy) is 1. The van der Waals surface area contributed by atoms with E-state index in [1.165, 1.54) is 0 Å². The van der Waals surface area contributed by atoms with Gasteiger partial charge in [0.05, 0.1) is 20.1 Å². The Morgan fingerprint density at radius 1 is 1.06 bits per heavy atom. The number of amides is 1. The fourth-order valence-electron chi connectivity index (χ4n) is 3.89. The molecule has 0 aliphatic carbocycles. The van der Waals surface area contributed by atoms with Crippen LogP contribution < -0.4 is 10.1 Å². The summed E-state index contributed by atoms with van der Waals surface area (Å²) in [5.41, 5.74) is 2.08. The van der Waals surface area contributed by atoms with Gasteiger partial charge in [0.15, 0.2) is 5.82 Å². The van der Waals surface area contributed by atoms with E-state index >= 15 is 0 Å². The molecule has 7 heteroatoms. The van der Waals surface area contributed by atoms with Gasteiger partial charge in [-0.2, -0.15) is 0 Å². The first kappa shape index (κ1) is 21.8. The first-order valence-electron chi connectivity index (χ1n) is 11.0. The van der Waals surface area contributed by atoms with Crippen molar-refractivity contribution in [1.82, 2.24) is 25.0 Å². The van der Waals surface area contributed by atoms with Crippen LogP contribution in [0.15, 0.2) is 60.7 Å². The molecule has 0 atom stereocenters. The molecule has 3 aromatic rings.